The first-order chi connectivity index (χ1) is 10.1. The van der Waals surface area contributed by atoms with Gasteiger partial charge in [-0.2, -0.15) is 15.4 Å². The molecule has 0 amide bonds. The van der Waals surface area contributed by atoms with E-state index >= 15 is 0 Å². The van der Waals surface area contributed by atoms with Gasteiger partial charge in [-0.3, -0.25) is 4.90 Å². The lowest BCUT2D eigenvalue weighted by molar-refractivity contribution is -0.0414. The predicted molar refractivity (Wildman–Crippen MR) is 81.3 cm³/mol. The fourth-order valence-corrected chi connectivity index (χ4v) is 3.17. The molecule has 1 aromatic carbocycles. The van der Waals surface area contributed by atoms with E-state index in [1.807, 2.05) is 6.07 Å². The number of piperidine rings is 1. The summed E-state index contributed by atoms with van der Waals surface area (Å²) in [6.07, 6.45) is 3.15. The van der Waals surface area contributed by atoms with E-state index < -0.39 is 5.60 Å². The van der Waals surface area contributed by atoms with Crippen molar-refractivity contribution in [1.29, 1.82) is 0 Å². The minimum absolute atomic E-state index is 0.502. The van der Waals surface area contributed by atoms with Crippen LogP contribution < -0.4 is 0 Å². The third-order valence-electron chi connectivity index (χ3n) is 3.84. The number of H-pyrrole nitrogens is 1. The molecule has 0 bridgehead atoms. The number of nitrogens with zero attached hydrogens (tertiary/aromatic N) is 3. The Morgan fingerprint density at radius 2 is 2.24 bits per heavy atom. The van der Waals surface area contributed by atoms with Crippen molar-refractivity contribution in [2.45, 2.75) is 25.0 Å². The van der Waals surface area contributed by atoms with E-state index in [0.29, 0.717) is 35.2 Å². The Labute approximate surface area is 132 Å². The van der Waals surface area contributed by atoms with Crippen LogP contribution in [0.5, 0.6) is 0 Å². The Balaban J connectivity index is 1.76. The van der Waals surface area contributed by atoms with Crippen LogP contribution in [-0.4, -0.2) is 38.5 Å². The number of aromatic amines is 1. The van der Waals surface area contributed by atoms with Crippen molar-refractivity contribution < 1.29 is 5.11 Å². The summed E-state index contributed by atoms with van der Waals surface area (Å²) in [5.41, 5.74) is 0.592. The minimum Gasteiger partial charge on any atom is -0.382 e. The Morgan fingerprint density at radius 1 is 1.38 bits per heavy atom. The zero-order chi connectivity index (χ0) is 14.9. The topological polar surface area (TPSA) is 65.0 Å². The number of β-amino-alcohol motifs (C(OH)–C–C–N with tert-alkyl or cyclic N) is 1. The maximum Gasteiger partial charge on any atom is 0.123 e. The van der Waals surface area contributed by atoms with Gasteiger partial charge in [-0.1, -0.05) is 23.2 Å². The van der Waals surface area contributed by atoms with Gasteiger partial charge in [0.15, 0.2) is 0 Å². The van der Waals surface area contributed by atoms with Gasteiger partial charge < -0.3 is 5.11 Å². The summed E-state index contributed by atoms with van der Waals surface area (Å²) in [4.78, 5) is 2.16. The molecule has 2 N–H and O–H groups in total. The van der Waals surface area contributed by atoms with Gasteiger partial charge in [0.1, 0.15) is 11.3 Å². The van der Waals surface area contributed by atoms with Gasteiger partial charge in [-0.15, -0.1) is 0 Å². The van der Waals surface area contributed by atoms with E-state index in [2.05, 4.69) is 20.3 Å². The van der Waals surface area contributed by atoms with E-state index in [9.17, 15) is 5.11 Å². The molecule has 0 saturated carbocycles. The largest absolute Gasteiger partial charge is 0.382 e. The molecule has 21 heavy (non-hydrogen) atoms. The van der Waals surface area contributed by atoms with E-state index in [-0.39, 0.29) is 0 Å². The molecule has 0 spiro atoms. The fraction of sp³-hybridized carbons (Fsp3) is 0.429. The molecule has 1 aromatic heterocycles. The normalized spacial score (nSPS) is 23.4. The summed E-state index contributed by atoms with van der Waals surface area (Å²) in [6, 6.07) is 5.44. The summed E-state index contributed by atoms with van der Waals surface area (Å²) in [5.74, 6) is 0. The van der Waals surface area contributed by atoms with Crippen molar-refractivity contribution in [2.24, 2.45) is 0 Å². The Kier molecular flexibility index (Phi) is 4.17. The Bertz CT molecular complexity index is 619. The lowest BCUT2D eigenvalue weighted by Gasteiger charge is -2.38. The minimum atomic E-state index is -0.962. The molecule has 0 radical (unpaired) electrons. The van der Waals surface area contributed by atoms with Crippen LogP contribution in [0.2, 0.25) is 10.0 Å². The van der Waals surface area contributed by atoms with Gasteiger partial charge in [0.2, 0.25) is 0 Å². The molecule has 0 aliphatic carbocycles. The van der Waals surface area contributed by atoms with Crippen LogP contribution in [0.15, 0.2) is 24.4 Å². The van der Waals surface area contributed by atoms with Gasteiger partial charge in [0.25, 0.3) is 0 Å². The third-order valence-corrected chi connectivity index (χ3v) is 4.45. The quantitative estimate of drug-likeness (QED) is 0.909. The van der Waals surface area contributed by atoms with Crippen molar-refractivity contribution in [1.82, 2.24) is 20.3 Å². The van der Waals surface area contributed by atoms with Gasteiger partial charge in [-0.05, 0) is 43.1 Å². The summed E-state index contributed by atoms with van der Waals surface area (Å²) in [6.45, 7) is 2.06. The highest BCUT2D eigenvalue weighted by Gasteiger charge is 2.37. The predicted octanol–water partition coefficient (Wildman–Crippen LogP) is 2.60. The molecule has 112 valence electrons. The van der Waals surface area contributed by atoms with Gasteiger partial charge in [0.05, 0.1) is 6.20 Å². The molecule has 3 rings (SSSR count). The Morgan fingerprint density at radius 3 is 3.00 bits per heavy atom. The number of likely N-dealkylation sites (tertiary alicyclic amines) is 1. The second-order valence-electron chi connectivity index (χ2n) is 5.44. The molecule has 1 atom stereocenters. The van der Waals surface area contributed by atoms with Gasteiger partial charge in [0, 0.05) is 23.1 Å². The molecule has 1 saturated heterocycles. The smallest absolute Gasteiger partial charge is 0.123 e. The highest BCUT2D eigenvalue weighted by atomic mass is 35.5. The summed E-state index contributed by atoms with van der Waals surface area (Å²) in [7, 11) is 0. The molecule has 1 unspecified atom stereocenters. The van der Waals surface area contributed by atoms with Crippen molar-refractivity contribution in [3.63, 3.8) is 0 Å². The molecular weight excluding hydrogens is 311 g/mol. The average molecular weight is 327 g/mol. The van der Waals surface area contributed by atoms with Crippen LogP contribution in [-0.2, 0) is 12.1 Å². The maximum absolute atomic E-state index is 10.8. The van der Waals surface area contributed by atoms with Gasteiger partial charge in [-0.25, -0.2) is 0 Å². The first kappa shape index (κ1) is 14.8. The van der Waals surface area contributed by atoms with Gasteiger partial charge >= 0.3 is 0 Å². The number of halogens is 2. The second-order valence-corrected chi connectivity index (χ2v) is 6.28. The number of hydrogen-bond donors (Lipinski definition) is 2. The van der Waals surface area contributed by atoms with Crippen LogP contribution in [0.3, 0.4) is 0 Å². The first-order valence-electron chi connectivity index (χ1n) is 6.82. The van der Waals surface area contributed by atoms with Crippen LogP contribution in [0.1, 0.15) is 24.1 Å². The zero-order valence-corrected chi connectivity index (χ0v) is 12.9. The van der Waals surface area contributed by atoms with Crippen molar-refractivity contribution >= 4 is 23.2 Å². The number of nitrogens with one attached hydrogen (secondary N) is 1. The first-order valence-corrected chi connectivity index (χ1v) is 7.57. The van der Waals surface area contributed by atoms with Crippen LogP contribution >= 0.6 is 23.2 Å². The average Bonchev–Trinajstić information content (AvgIpc) is 2.98. The summed E-state index contributed by atoms with van der Waals surface area (Å²) in [5, 5.41) is 22.5. The monoisotopic (exact) mass is 326 g/mol. The second kappa shape index (κ2) is 5.93. The molecule has 5 nitrogen and oxygen atoms in total. The van der Waals surface area contributed by atoms with Crippen LogP contribution in [0, 0.1) is 0 Å². The third kappa shape index (κ3) is 3.21. The van der Waals surface area contributed by atoms with E-state index in [4.69, 9.17) is 23.2 Å². The highest BCUT2D eigenvalue weighted by molar-refractivity contribution is 6.33. The zero-order valence-electron chi connectivity index (χ0n) is 11.4. The summed E-state index contributed by atoms with van der Waals surface area (Å²) >= 11 is 12.2. The molecule has 7 heteroatoms. The number of rotatable bonds is 3. The SMILES string of the molecule is OC1(c2cn[nH]n2)CCCN(Cc2cc(Cl)ccc2Cl)C1. The van der Waals surface area contributed by atoms with E-state index in [0.717, 1.165) is 18.5 Å². The van der Waals surface area contributed by atoms with Crippen LogP contribution in [0.4, 0.5) is 0 Å². The lowest BCUT2D eigenvalue weighted by Crippen LogP contribution is -2.45. The highest BCUT2D eigenvalue weighted by Crippen LogP contribution is 2.31. The molecular formula is C14H16Cl2N4O. The summed E-state index contributed by atoms with van der Waals surface area (Å²) < 4.78 is 0. The molecule has 2 aromatic rings. The number of aromatic nitrogens is 3. The molecule has 2 heterocycles. The molecule has 1 aliphatic rings. The lowest BCUT2D eigenvalue weighted by atomic mass is 9.90. The van der Waals surface area contributed by atoms with E-state index in [1.54, 1.807) is 18.3 Å². The fourth-order valence-electron chi connectivity index (χ4n) is 2.80. The van der Waals surface area contributed by atoms with Crippen molar-refractivity contribution in [3.05, 3.63) is 45.7 Å². The molecule has 1 aliphatic heterocycles. The van der Waals surface area contributed by atoms with Crippen molar-refractivity contribution in [2.75, 3.05) is 13.1 Å². The number of benzene rings is 1. The Hall–Kier alpha value is -1.14. The standard InChI is InChI=1S/C14H16Cl2N4O/c15-11-2-3-12(16)10(6-11)8-20-5-1-4-14(21,9-20)13-7-17-19-18-13/h2-3,6-7,21H,1,4-5,8-9H2,(H,17,18,19). The maximum atomic E-state index is 10.8. The van der Waals surface area contributed by atoms with Crippen LogP contribution in [0.25, 0.3) is 0 Å². The van der Waals surface area contributed by atoms with Crippen molar-refractivity contribution in [3.8, 4) is 0 Å². The number of hydrogen-bond acceptors (Lipinski definition) is 4. The number of aliphatic hydroxyl groups is 1. The van der Waals surface area contributed by atoms with E-state index in [1.165, 1.54) is 0 Å². The molecule has 1 fully saturated rings.